The van der Waals surface area contributed by atoms with Crippen LogP contribution in [-0.4, -0.2) is 25.8 Å². The third-order valence-electron chi connectivity index (χ3n) is 4.90. The number of aromatic carboxylic acids is 1. The second-order valence-corrected chi connectivity index (χ2v) is 6.66. The molecule has 1 fully saturated rings. The van der Waals surface area contributed by atoms with Crippen molar-refractivity contribution in [1.29, 1.82) is 0 Å². The van der Waals surface area contributed by atoms with Crippen LogP contribution in [0.4, 0.5) is 0 Å². The zero-order chi connectivity index (χ0) is 18.3. The monoisotopic (exact) mass is 345 g/mol. The fraction of sp³-hybridized carbons (Fsp3) is 0.286. The largest absolute Gasteiger partial charge is 0.478 e. The number of carbonyl (C=O) groups is 1. The number of carboxylic acid groups (broad SMARTS) is 1. The van der Waals surface area contributed by atoms with E-state index >= 15 is 0 Å². The Morgan fingerprint density at radius 1 is 1.27 bits per heavy atom. The van der Waals surface area contributed by atoms with Crippen molar-refractivity contribution in [1.82, 2.24) is 14.8 Å². The Hall–Kier alpha value is -3.13. The van der Waals surface area contributed by atoms with Crippen molar-refractivity contribution in [3.05, 3.63) is 59.0 Å². The van der Waals surface area contributed by atoms with E-state index in [1.807, 2.05) is 19.2 Å². The van der Waals surface area contributed by atoms with Crippen LogP contribution < -0.4 is 0 Å². The Balaban J connectivity index is 1.82. The van der Waals surface area contributed by atoms with E-state index in [0.717, 1.165) is 16.6 Å². The highest BCUT2D eigenvalue weighted by Crippen LogP contribution is 2.39. The van der Waals surface area contributed by atoms with Crippen LogP contribution in [0.1, 0.15) is 65.8 Å². The summed E-state index contributed by atoms with van der Waals surface area (Å²) < 4.78 is 1.73. The van der Waals surface area contributed by atoms with Gasteiger partial charge in [0.25, 0.3) is 0 Å². The SMILES string of the molecule is CC#Cc1ccc(C(=O)O)c2c1cnn2C(C)c1ccc(C2CC2)cn1. The van der Waals surface area contributed by atoms with Gasteiger partial charge in [0, 0.05) is 17.1 Å². The van der Waals surface area contributed by atoms with Gasteiger partial charge >= 0.3 is 5.97 Å². The number of pyridine rings is 1. The van der Waals surface area contributed by atoms with E-state index in [1.54, 1.807) is 29.9 Å². The summed E-state index contributed by atoms with van der Waals surface area (Å²) in [6, 6.07) is 7.29. The van der Waals surface area contributed by atoms with Gasteiger partial charge in [-0.1, -0.05) is 12.0 Å². The first kappa shape index (κ1) is 16.3. The average Bonchev–Trinajstić information content (AvgIpc) is 3.40. The smallest absolute Gasteiger partial charge is 0.337 e. The van der Waals surface area contributed by atoms with Crippen LogP contribution in [0.15, 0.2) is 36.7 Å². The Labute approximate surface area is 151 Å². The fourth-order valence-electron chi connectivity index (χ4n) is 3.32. The van der Waals surface area contributed by atoms with Gasteiger partial charge in [0.2, 0.25) is 0 Å². The topological polar surface area (TPSA) is 68.0 Å². The summed E-state index contributed by atoms with van der Waals surface area (Å²) in [6.45, 7) is 3.74. The first-order valence-corrected chi connectivity index (χ1v) is 8.72. The van der Waals surface area contributed by atoms with Crippen LogP contribution in [0, 0.1) is 11.8 Å². The number of benzene rings is 1. The molecule has 4 rings (SSSR count). The summed E-state index contributed by atoms with van der Waals surface area (Å²) in [5.74, 6) is 5.58. The van der Waals surface area contributed by atoms with Gasteiger partial charge < -0.3 is 5.11 Å². The molecule has 1 aliphatic rings. The van der Waals surface area contributed by atoms with E-state index < -0.39 is 5.97 Å². The second kappa shape index (κ2) is 6.30. The van der Waals surface area contributed by atoms with Crippen molar-refractivity contribution in [2.45, 2.75) is 38.6 Å². The normalized spacial score (nSPS) is 14.7. The van der Waals surface area contributed by atoms with Crippen LogP contribution in [0.2, 0.25) is 0 Å². The number of aromatic nitrogens is 3. The maximum absolute atomic E-state index is 11.7. The van der Waals surface area contributed by atoms with E-state index in [-0.39, 0.29) is 11.6 Å². The lowest BCUT2D eigenvalue weighted by Gasteiger charge is -2.15. The first-order chi connectivity index (χ1) is 12.6. The molecule has 3 aromatic rings. The third-order valence-corrected chi connectivity index (χ3v) is 4.90. The number of hydrogen-bond donors (Lipinski definition) is 1. The number of hydrogen-bond acceptors (Lipinski definition) is 3. The molecule has 130 valence electrons. The second-order valence-electron chi connectivity index (χ2n) is 6.66. The lowest BCUT2D eigenvalue weighted by Crippen LogP contribution is -2.12. The molecule has 0 aliphatic heterocycles. The Morgan fingerprint density at radius 3 is 2.69 bits per heavy atom. The summed E-state index contributed by atoms with van der Waals surface area (Å²) >= 11 is 0. The van der Waals surface area contributed by atoms with E-state index in [1.165, 1.54) is 18.4 Å². The molecule has 1 aromatic carbocycles. The quantitative estimate of drug-likeness (QED) is 0.726. The van der Waals surface area contributed by atoms with Gasteiger partial charge in [-0.3, -0.25) is 9.67 Å². The molecule has 0 saturated heterocycles. The van der Waals surface area contributed by atoms with Gasteiger partial charge in [0.1, 0.15) is 0 Å². The number of fused-ring (bicyclic) bond motifs is 1. The number of carboxylic acids is 1. The molecule has 1 aliphatic carbocycles. The summed E-state index contributed by atoms with van der Waals surface area (Å²) in [5, 5.41) is 14.8. The Bertz CT molecular complexity index is 1050. The zero-order valence-corrected chi connectivity index (χ0v) is 14.7. The van der Waals surface area contributed by atoms with Crippen LogP contribution in [0.3, 0.4) is 0 Å². The van der Waals surface area contributed by atoms with Crippen molar-refractivity contribution >= 4 is 16.9 Å². The van der Waals surface area contributed by atoms with E-state index in [2.05, 4.69) is 28.0 Å². The van der Waals surface area contributed by atoms with Crippen molar-refractivity contribution in [2.24, 2.45) is 0 Å². The van der Waals surface area contributed by atoms with Gasteiger partial charge in [-0.2, -0.15) is 5.10 Å². The maximum atomic E-state index is 11.7. The Kier molecular flexibility index (Phi) is 3.96. The molecular formula is C21H19N3O2. The Morgan fingerprint density at radius 2 is 2.08 bits per heavy atom. The van der Waals surface area contributed by atoms with Crippen molar-refractivity contribution in [2.75, 3.05) is 0 Å². The number of rotatable bonds is 4. The molecule has 26 heavy (non-hydrogen) atoms. The molecule has 5 heteroatoms. The minimum Gasteiger partial charge on any atom is -0.478 e. The molecule has 1 atom stereocenters. The number of nitrogens with zero attached hydrogens (tertiary/aromatic N) is 3. The zero-order valence-electron chi connectivity index (χ0n) is 14.7. The molecule has 2 heterocycles. The fourth-order valence-corrected chi connectivity index (χ4v) is 3.32. The predicted molar refractivity (Wildman–Crippen MR) is 99.3 cm³/mol. The van der Waals surface area contributed by atoms with E-state index in [4.69, 9.17) is 0 Å². The van der Waals surface area contributed by atoms with Crippen molar-refractivity contribution < 1.29 is 9.90 Å². The lowest BCUT2D eigenvalue weighted by molar-refractivity contribution is 0.0698. The minimum atomic E-state index is -0.975. The highest BCUT2D eigenvalue weighted by Gasteiger charge is 2.24. The minimum absolute atomic E-state index is 0.177. The molecular weight excluding hydrogens is 326 g/mol. The lowest BCUT2D eigenvalue weighted by atomic mass is 10.1. The van der Waals surface area contributed by atoms with Gasteiger partial charge in [-0.25, -0.2) is 4.79 Å². The van der Waals surface area contributed by atoms with Gasteiger partial charge in [0.15, 0.2) is 0 Å². The molecule has 0 radical (unpaired) electrons. The van der Waals surface area contributed by atoms with E-state index in [0.29, 0.717) is 11.4 Å². The van der Waals surface area contributed by atoms with Crippen LogP contribution in [-0.2, 0) is 0 Å². The molecule has 0 bridgehead atoms. The van der Waals surface area contributed by atoms with Crippen molar-refractivity contribution in [3.8, 4) is 11.8 Å². The molecule has 1 unspecified atom stereocenters. The standard InChI is InChI=1S/C21H19N3O2/c1-3-4-15-7-9-17(21(25)26)20-18(15)12-23-24(20)13(2)19-10-8-16(11-22-19)14-5-6-14/h7-14H,5-6H2,1-2H3,(H,25,26). The van der Waals surface area contributed by atoms with Gasteiger partial charge in [-0.05, 0) is 56.4 Å². The highest BCUT2D eigenvalue weighted by atomic mass is 16.4. The summed E-state index contributed by atoms with van der Waals surface area (Å²) in [7, 11) is 0. The molecule has 1 N–H and O–H groups in total. The third kappa shape index (κ3) is 2.74. The van der Waals surface area contributed by atoms with Gasteiger partial charge in [0.05, 0.1) is 29.0 Å². The molecule has 5 nitrogen and oxygen atoms in total. The average molecular weight is 345 g/mol. The molecule has 0 amide bonds. The summed E-state index contributed by atoms with van der Waals surface area (Å²) in [4.78, 5) is 16.3. The summed E-state index contributed by atoms with van der Waals surface area (Å²) in [5.41, 5.74) is 3.72. The van der Waals surface area contributed by atoms with E-state index in [9.17, 15) is 9.90 Å². The molecule has 0 spiro atoms. The predicted octanol–water partition coefficient (Wildman–Crippen LogP) is 3.99. The first-order valence-electron chi connectivity index (χ1n) is 8.72. The van der Waals surface area contributed by atoms with Gasteiger partial charge in [-0.15, -0.1) is 5.92 Å². The van der Waals surface area contributed by atoms with Crippen LogP contribution >= 0.6 is 0 Å². The maximum Gasteiger partial charge on any atom is 0.337 e. The van der Waals surface area contributed by atoms with Crippen molar-refractivity contribution in [3.63, 3.8) is 0 Å². The molecule has 1 saturated carbocycles. The van der Waals surface area contributed by atoms with Crippen LogP contribution in [0.25, 0.3) is 10.9 Å². The molecule has 2 aromatic heterocycles. The highest BCUT2D eigenvalue weighted by molar-refractivity contribution is 6.03. The van der Waals surface area contributed by atoms with Crippen LogP contribution in [0.5, 0.6) is 0 Å². The summed E-state index contributed by atoms with van der Waals surface area (Å²) in [6.07, 6.45) is 6.10.